The van der Waals surface area contributed by atoms with Gasteiger partial charge in [0.1, 0.15) is 0 Å². The van der Waals surface area contributed by atoms with Crippen LogP contribution in [0.25, 0.3) is 0 Å². The topological polar surface area (TPSA) is 91.0 Å². The Bertz CT molecular complexity index is 603. The zero-order chi connectivity index (χ0) is 15.2. The molecule has 110 valence electrons. The molecule has 2 amide bonds. The maximum atomic E-state index is 12.1. The van der Waals surface area contributed by atoms with Crippen LogP contribution in [-0.2, 0) is 0 Å². The minimum Gasteiger partial charge on any atom is -0.339 e. The first-order valence-electron chi connectivity index (χ1n) is 6.72. The first-order valence-corrected chi connectivity index (χ1v) is 6.72. The highest BCUT2D eigenvalue weighted by atomic mass is 16.2. The standard InChI is InChI=1S/C14H17N5O2/c1-3-19(4-2)14(21)10-5-7-11(8-6-10)16-13(20)12-9-15-18-17-12/h5-9H,3-4H2,1-2H3,(H,16,20)(H,15,17,18). The summed E-state index contributed by atoms with van der Waals surface area (Å²) < 4.78 is 0. The fourth-order valence-electron chi connectivity index (χ4n) is 1.90. The van der Waals surface area contributed by atoms with E-state index < -0.39 is 0 Å². The van der Waals surface area contributed by atoms with Crippen LogP contribution >= 0.6 is 0 Å². The summed E-state index contributed by atoms with van der Waals surface area (Å²) in [6, 6.07) is 6.77. The van der Waals surface area contributed by atoms with Gasteiger partial charge in [0.05, 0.1) is 6.20 Å². The van der Waals surface area contributed by atoms with Gasteiger partial charge in [0, 0.05) is 24.3 Å². The zero-order valence-electron chi connectivity index (χ0n) is 12.0. The number of aromatic amines is 1. The van der Waals surface area contributed by atoms with Gasteiger partial charge in [-0.2, -0.15) is 15.4 Å². The molecule has 2 N–H and O–H groups in total. The van der Waals surface area contributed by atoms with E-state index >= 15 is 0 Å². The van der Waals surface area contributed by atoms with E-state index in [9.17, 15) is 9.59 Å². The lowest BCUT2D eigenvalue weighted by atomic mass is 10.1. The number of nitrogens with zero attached hydrogens (tertiary/aromatic N) is 3. The van der Waals surface area contributed by atoms with Gasteiger partial charge in [-0.05, 0) is 38.1 Å². The fourth-order valence-corrected chi connectivity index (χ4v) is 1.90. The molecule has 0 bridgehead atoms. The lowest BCUT2D eigenvalue weighted by molar-refractivity contribution is 0.0773. The number of H-pyrrole nitrogens is 1. The number of hydrogen-bond donors (Lipinski definition) is 2. The molecule has 7 heteroatoms. The third-order valence-corrected chi connectivity index (χ3v) is 3.09. The van der Waals surface area contributed by atoms with Crippen LogP contribution in [0.15, 0.2) is 30.5 Å². The average molecular weight is 287 g/mol. The molecule has 0 radical (unpaired) electrons. The van der Waals surface area contributed by atoms with Crippen LogP contribution < -0.4 is 5.32 Å². The predicted molar refractivity (Wildman–Crippen MR) is 78.0 cm³/mol. The summed E-state index contributed by atoms with van der Waals surface area (Å²) >= 11 is 0. The minimum absolute atomic E-state index is 0.0191. The molecule has 0 unspecified atom stereocenters. The predicted octanol–water partition coefficient (Wildman–Crippen LogP) is 1.54. The lowest BCUT2D eigenvalue weighted by Crippen LogP contribution is -2.30. The number of anilines is 1. The Hall–Kier alpha value is -2.70. The first kappa shape index (κ1) is 14.7. The van der Waals surface area contributed by atoms with E-state index in [2.05, 4.69) is 20.7 Å². The van der Waals surface area contributed by atoms with Crippen LogP contribution in [-0.4, -0.2) is 45.2 Å². The van der Waals surface area contributed by atoms with Crippen molar-refractivity contribution in [3.63, 3.8) is 0 Å². The molecule has 7 nitrogen and oxygen atoms in total. The number of carbonyl (C=O) groups excluding carboxylic acids is 2. The lowest BCUT2D eigenvalue weighted by Gasteiger charge is -2.18. The van der Waals surface area contributed by atoms with E-state index in [1.165, 1.54) is 6.20 Å². The van der Waals surface area contributed by atoms with Gasteiger partial charge < -0.3 is 10.2 Å². The summed E-state index contributed by atoms with van der Waals surface area (Å²) in [4.78, 5) is 25.7. The van der Waals surface area contributed by atoms with Gasteiger partial charge in [-0.3, -0.25) is 9.59 Å². The van der Waals surface area contributed by atoms with Gasteiger partial charge >= 0.3 is 0 Å². The molecule has 1 aromatic carbocycles. The second-order valence-electron chi connectivity index (χ2n) is 4.36. The van der Waals surface area contributed by atoms with E-state index in [-0.39, 0.29) is 17.5 Å². The first-order chi connectivity index (χ1) is 10.2. The van der Waals surface area contributed by atoms with Crippen molar-refractivity contribution < 1.29 is 9.59 Å². The summed E-state index contributed by atoms with van der Waals surface area (Å²) in [5.74, 6) is -0.374. The largest absolute Gasteiger partial charge is 0.339 e. The summed E-state index contributed by atoms with van der Waals surface area (Å²) in [5, 5.41) is 12.3. The Labute approximate surface area is 122 Å². The number of amides is 2. The molecular formula is C14H17N5O2. The fraction of sp³-hybridized carbons (Fsp3) is 0.286. The van der Waals surface area contributed by atoms with Crippen LogP contribution in [0.4, 0.5) is 5.69 Å². The highest BCUT2D eigenvalue weighted by Crippen LogP contribution is 2.12. The number of hydrogen-bond acceptors (Lipinski definition) is 4. The van der Waals surface area contributed by atoms with E-state index in [1.807, 2.05) is 13.8 Å². The van der Waals surface area contributed by atoms with Gasteiger partial charge in [-0.25, -0.2) is 0 Å². The molecule has 21 heavy (non-hydrogen) atoms. The van der Waals surface area contributed by atoms with Gasteiger partial charge in [-0.15, -0.1) is 0 Å². The molecule has 1 aromatic heterocycles. The maximum Gasteiger partial charge on any atom is 0.277 e. The molecule has 0 aliphatic rings. The SMILES string of the molecule is CCN(CC)C(=O)c1ccc(NC(=O)c2cn[nH]n2)cc1. The van der Waals surface area contributed by atoms with Crippen molar-refractivity contribution in [3.8, 4) is 0 Å². The Morgan fingerprint density at radius 2 is 1.86 bits per heavy atom. The zero-order valence-corrected chi connectivity index (χ0v) is 12.0. The summed E-state index contributed by atoms with van der Waals surface area (Å²) in [7, 11) is 0. The van der Waals surface area contributed by atoms with E-state index in [0.29, 0.717) is 24.3 Å². The van der Waals surface area contributed by atoms with Crippen molar-refractivity contribution in [1.82, 2.24) is 20.3 Å². The van der Waals surface area contributed by atoms with Crippen LogP contribution in [0.3, 0.4) is 0 Å². The van der Waals surface area contributed by atoms with E-state index in [0.717, 1.165) is 0 Å². The van der Waals surface area contributed by atoms with Crippen molar-refractivity contribution in [2.24, 2.45) is 0 Å². The molecule has 0 aliphatic carbocycles. The van der Waals surface area contributed by atoms with Gasteiger partial charge in [0.25, 0.3) is 11.8 Å². The average Bonchev–Trinajstić information content (AvgIpc) is 3.03. The molecule has 0 atom stereocenters. The third-order valence-electron chi connectivity index (χ3n) is 3.09. The quantitative estimate of drug-likeness (QED) is 0.872. The Kier molecular flexibility index (Phi) is 4.65. The number of carbonyl (C=O) groups is 2. The van der Waals surface area contributed by atoms with Crippen molar-refractivity contribution >= 4 is 17.5 Å². The number of aromatic nitrogens is 3. The maximum absolute atomic E-state index is 12.1. The Morgan fingerprint density at radius 3 is 2.38 bits per heavy atom. The molecule has 0 aliphatic heterocycles. The molecule has 0 fully saturated rings. The molecule has 0 saturated carbocycles. The van der Waals surface area contributed by atoms with E-state index in [4.69, 9.17) is 0 Å². The highest BCUT2D eigenvalue weighted by molar-refractivity contribution is 6.03. The molecule has 0 spiro atoms. The Balaban J connectivity index is 2.05. The molecule has 1 heterocycles. The molecule has 0 saturated heterocycles. The summed E-state index contributed by atoms with van der Waals surface area (Å²) in [6.45, 7) is 5.21. The third kappa shape index (κ3) is 3.44. The van der Waals surface area contributed by atoms with Gasteiger partial charge in [0.15, 0.2) is 5.69 Å². The van der Waals surface area contributed by atoms with Crippen molar-refractivity contribution in [3.05, 3.63) is 41.7 Å². The smallest absolute Gasteiger partial charge is 0.277 e. The second-order valence-corrected chi connectivity index (χ2v) is 4.36. The highest BCUT2D eigenvalue weighted by Gasteiger charge is 2.13. The van der Waals surface area contributed by atoms with E-state index in [1.54, 1.807) is 29.2 Å². The van der Waals surface area contributed by atoms with Crippen molar-refractivity contribution in [1.29, 1.82) is 0 Å². The molecule has 2 aromatic rings. The van der Waals surface area contributed by atoms with Gasteiger partial charge in [-0.1, -0.05) is 0 Å². The summed E-state index contributed by atoms with van der Waals surface area (Å²) in [6.07, 6.45) is 1.34. The minimum atomic E-state index is -0.355. The van der Waals surface area contributed by atoms with Crippen LogP contribution in [0.2, 0.25) is 0 Å². The van der Waals surface area contributed by atoms with Crippen molar-refractivity contribution in [2.45, 2.75) is 13.8 Å². The van der Waals surface area contributed by atoms with Crippen LogP contribution in [0.1, 0.15) is 34.7 Å². The summed E-state index contributed by atoms with van der Waals surface area (Å²) in [5.41, 5.74) is 1.40. The van der Waals surface area contributed by atoms with Gasteiger partial charge in [0.2, 0.25) is 0 Å². The normalized spacial score (nSPS) is 10.2. The Morgan fingerprint density at radius 1 is 1.19 bits per heavy atom. The number of rotatable bonds is 5. The van der Waals surface area contributed by atoms with Crippen LogP contribution in [0, 0.1) is 0 Å². The molecular weight excluding hydrogens is 270 g/mol. The monoisotopic (exact) mass is 287 g/mol. The van der Waals surface area contributed by atoms with Crippen molar-refractivity contribution in [2.75, 3.05) is 18.4 Å². The number of nitrogens with one attached hydrogen (secondary N) is 2. The number of benzene rings is 1. The molecule has 2 rings (SSSR count). The van der Waals surface area contributed by atoms with Crippen LogP contribution in [0.5, 0.6) is 0 Å². The second kappa shape index (κ2) is 6.65.